The lowest BCUT2D eigenvalue weighted by Gasteiger charge is -2.03. The highest BCUT2D eigenvalue weighted by atomic mass is 16.5. The Hall–Kier alpha value is -2.62. The lowest BCUT2D eigenvalue weighted by Crippen LogP contribution is -2.00. The molecule has 0 saturated carbocycles. The Morgan fingerprint density at radius 3 is 2.64 bits per heavy atom. The van der Waals surface area contributed by atoms with E-state index in [0.29, 0.717) is 30.6 Å². The predicted molar refractivity (Wildman–Crippen MR) is 88.2 cm³/mol. The first-order chi connectivity index (χ1) is 10.7. The van der Waals surface area contributed by atoms with Crippen LogP contribution in [0.4, 0.5) is 0 Å². The number of benzene rings is 1. The van der Waals surface area contributed by atoms with Crippen molar-refractivity contribution < 1.29 is 9.53 Å². The summed E-state index contributed by atoms with van der Waals surface area (Å²) in [7, 11) is 1.64. The standard InChI is InChI=1S/C18H20N2O2/c1-4-6-7-18(21)16-13-20(19-17(16)5-2)12-14-8-10-15(22-3)11-9-14/h4-5,8-11,13H,1-2,6-7,12H2,3H3. The zero-order valence-corrected chi connectivity index (χ0v) is 12.8. The molecule has 1 aromatic carbocycles. The van der Waals surface area contributed by atoms with E-state index in [2.05, 4.69) is 18.3 Å². The second-order valence-electron chi connectivity index (χ2n) is 4.93. The summed E-state index contributed by atoms with van der Waals surface area (Å²) in [6.45, 7) is 7.97. The smallest absolute Gasteiger partial charge is 0.166 e. The van der Waals surface area contributed by atoms with Gasteiger partial charge in [-0.15, -0.1) is 6.58 Å². The molecule has 22 heavy (non-hydrogen) atoms. The highest BCUT2D eigenvalue weighted by Gasteiger charge is 2.13. The van der Waals surface area contributed by atoms with Crippen molar-refractivity contribution in [3.05, 3.63) is 66.5 Å². The maximum Gasteiger partial charge on any atom is 0.166 e. The Kier molecular flexibility index (Phi) is 5.31. The normalized spacial score (nSPS) is 10.2. The lowest BCUT2D eigenvalue weighted by atomic mass is 10.1. The average Bonchev–Trinajstić information content (AvgIpc) is 2.96. The third-order valence-corrected chi connectivity index (χ3v) is 3.36. The van der Waals surface area contributed by atoms with Crippen LogP contribution in [0.15, 0.2) is 49.7 Å². The molecule has 0 unspecified atom stereocenters. The molecule has 0 aliphatic carbocycles. The van der Waals surface area contributed by atoms with Gasteiger partial charge in [-0.1, -0.05) is 24.8 Å². The summed E-state index contributed by atoms with van der Waals surface area (Å²) in [4.78, 5) is 12.2. The van der Waals surface area contributed by atoms with E-state index < -0.39 is 0 Å². The highest BCUT2D eigenvalue weighted by Crippen LogP contribution is 2.16. The van der Waals surface area contributed by atoms with Crippen molar-refractivity contribution in [2.45, 2.75) is 19.4 Å². The number of hydrogen-bond acceptors (Lipinski definition) is 3. The molecule has 0 radical (unpaired) electrons. The van der Waals surface area contributed by atoms with Crippen molar-refractivity contribution in [1.82, 2.24) is 9.78 Å². The van der Waals surface area contributed by atoms with E-state index in [4.69, 9.17) is 4.74 Å². The monoisotopic (exact) mass is 296 g/mol. The topological polar surface area (TPSA) is 44.1 Å². The third-order valence-electron chi connectivity index (χ3n) is 3.36. The van der Waals surface area contributed by atoms with Gasteiger partial charge in [-0.25, -0.2) is 0 Å². The van der Waals surface area contributed by atoms with Gasteiger partial charge in [0, 0.05) is 12.6 Å². The van der Waals surface area contributed by atoms with Crippen LogP contribution in [0.5, 0.6) is 5.75 Å². The molecule has 0 spiro atoms. The number of carbonyl (C=O) groups excluding carboxylic acids is 1. The largest absolute Gasteiger partial charge is 0.497 e. The van der Waals surface area contributed by atoms with Crippen LogP contribution in [-0.4, -0.2) is 22.7 Å². The minimum atomic E-state index is 0.0655. The number of aromatic nitrogens is 2. The zero-order valence-electron chi connectivity index (χ0n) is 12.8. The van der Waals surface area contributed by atoms with E-state index in [0.717, 1.165) is 11.3 Å². The van der Waals surface area contributed by atoms with Gasteiger partial charge < -0.3 is 4.74 Å². The molecule has 4 heteroatoms. The molecule has 0 fully saturated rings. The average molecular weight is 296 g/mol. The summed E-state index contributed by atoms with van der Waals surface area (Å²) >= 11 is 0. The molecule has 2 rings (SSSR count). The number of ether oxygens (including phenoxy) is 1. The van der Waals surface area contributed by atoms with Crippen LogP contribution >= 0.6 is 0 Å². The van der Waals surface area contributed by atoms with Crippen LogP contribution < -0.4 is 4.74 Å². The SMILES string of the molecule is C=CCCC(=O)c1cn(Cc2ccc(OC)cc2)nc1C=C. The number of carbonyl (C=O) groups is 1. The van der Waals surface area contributed by atoms with Crippen LogP contribution in [0.2, 0.25) is 0 Å². The van der Waals surface area contributed by atoms with Crippen molar-refractivity contribution in [3.8, 4) is 5.75 Å². The van der Waals surface area contributed by atoms with Crippen molar-refractivity contribution in [2.75, 3.05) is 7.11 Å². The van der Waals surface area contributed by atoms with Gasteiger partial charge >= 0.3 is 0 Å². The fourth-order valence-corrected chi connectivity index (χ4v) is 2.17. The number of ketones is 1. The Bertz CT molecular complexity index is 669. The first-order valence-electron chi connectivity index (χ1n) is 7.15. The second-order valence-corrected chi connectivity index (χ2v) is 4.93. The van der Waals surface area contributed by atoms with E-state index in [1.807, 2.05) is 24.3 Å². The zero-order chi connectivity index (χ0) is 15.9. The molecule has 0 atom stereocenters. The molecule has 0 aliphatic rings. The fourth-order valence-electron chi connectivity index (χ4n) is 2.17. The Balaban J connectivity index is 2.17. The molecule has 1 heterocycles. The molecule has 0 aliphatic heterocycles. The Morgan fingerprint density at radius 2 is 2.05 bits per heavy atom. The molecule has 4 nitrogen and oxygen atoms in total. The van der Waals surface area contributed by atoms with E-state index in [1.165, 1.54) is 0 Å². The van der Waals surface area contributed by atoms with Crippen molar-refractivity contribution in [2.24, 2.45) is 0 Å². The molecule has 1 aromatic heterocycles. The van der Waals surface area contributed by atoms with Crippen LogP contribution in [0.25, 0.3) is 6.08 Å². The summed E-state index contributed by atoms with van der Waals surface area (Å²) in [5.41, 5.74) is 2.33. The minimum Gasteiger partial charge on any atom is -0.497 e. The minimum absolute atomic E-state index is 0.0655. The van der Waals surface area contributed by atoms with Crippen molar-refractivity contribution >= 4 is 11.9 Å². The van der Waals surface area contributed by atoms with Crippen LogP contribution in [0, 0.1) is 0 Å². The number of methoxy groups -OCH3 is 1. The van der Waals surface area contributed by atoms with Crippen molar-refractivity contribution in [3.63, 3.8) is 0 Å². The second kappa shape index (κ2) is 7.41. The van der Waals surface area contributed by atoms with E-state index in [1.54, 1.807) is 30.1 Å². The van der Waals surface area contributed by atoms with Gasteiger partial charge in [-0.05, 0) is 30.2 Å². The number of hydrogen-bond donors (Lipinski definition) is 0. The Morgan fingerprint density at radius 1 is 1.32 bits per heavy atom. The highest BCUT2D eigenvalue weighted by molar-refractivity contribution is 5.98. The molecular weight excluding hydrogens is 276 g/mol. The quantitative estimate of drug-likeness (QED) is 0.550. The third kappa shape index (κ3) is 3.73. The maximum atomic E-state index is 12.2. The van der Waals surface area contributed by atoms with E-state index in [-0.39, 0.29) is 5.78 Å². The molecule has 0 N–H and O–H groups in total. The predicted octanol–water partition coefficient (Wildman–Crippen LogP) is 3.73. The molecule has 0 amide bonds. The van der Waals surface area contributed by atoms with Crippen LogP contribution in [-0.2, 0) is 6.54 Å². The van der Waals surface area contributed by atoms with E-state index >= 15 is 0 Å². The van der Waals surface area contributed by atoms with Crippen molar-refractivity contribution in [1.29, 1.82) is 0 Å². The van der Waals surface area contributed by atoms with Gasteiger partial charge in [0.2, 0.25) is 0 Å². The lowest BCUT2D eigenvalue weighted by molar-refractivity contribution is 0.0983. The molecule has 0 bridgehead atoms. The van der Waals surface area contributed by atoms with Crippen LogP contribution in [0.3, 0.4) is 0 Å². The fraction of sp³-hybridized carbons (Fsp3) is 0.222. The number of allylic oxidation sites excluding steroid dienone is 1. The first kappa shape index (κ1) is 15.8. The number of Topliss-reactive ketones (excluding diaryl/α,β-unsaturated/α-hetero) is 1. The van der Waals surface area contributed by atoms with Gasteiger partial charge in [0.05, 0.1) is 24.9 Å². The summed E-state index contributed by atoms with van der Waals surface area (Å²) < 4.78 is 6.90. The first-order valence-corrected chi connectivity index (χ1v) is 7.15. The molecule has 2 aromatic rings. The summed E-state index contributed by atoms with van der Waals surface area (Å²) in [5.74, 6) is 0.882. The number of nitrogens with zero attached hydrogens (tertiary/aromatic N) is 2. The van der Waals surface area contributed by atoms with Crippen LogP contribution in [0.1, 0.15) is 34.5 Å². The Labute approximate surface area is 130 Å². The van der Waals surface area contributed by atoms with Gasteiger partial charge in [-0.3, -0.25) is 9.48 Å². The van der Waals surface area contributed by atoms with Gasteiger partial charge in [0.1, 0.15) is 5.75 Å². The molecule has 0 saturated heterocycles. The molecule has 114 valence electrons. The van der Waals surface area contributed by atoms with E-state index in [9.17, 15) is 4.79 Å². The number of rotatable bonds is 8. The van der Waals surface area contributed by atoms with Gasteiger partial charge in [0.25, 0.3) is 0 Å². The van der Waals surface area contributed by atoms with Gasteiger partial charge in [-0.2, -0.15) is 5.10 Å². The summed E-state index contributed by atoms with van der Waals surface area (Å²) in [6.07, 6.45) is 6.25. The van der Waals surface area contributed by atoms with Gasteiger partial charge in [0.15, 0.2) is 5.78 Å². The summed E-state index contributed by atoms with van der Waals surface area (Å²) in [5, 5.41) is 4.42. The maximum absolute atomic E-state index is 12.2. The molecular formula is C18H20N2O2. The summed E-state index contributed by atoms with van der Waals surface area (Å²) in [6, 6.07) is 7.77.